The molecule has 2 aromatic carbocycles. The molecule has 2 aromatic heterocycles. The first-order valence-electron chi connectivity index (χ1n) is 9.54. The fourth-order valence-corrected chi connectivity index (χ4v) is 3.24. The van der Waals surface area contributed by atoms with Gasteiger partial charge in [0.25, 0.3) is 5.91 Å². The van der Waals surface area contributed by atoms with E-state index < -0.39 is 17.2 Å². The molecule has 0 atom stereocenters. The van der Waals surface area contributed by atoms with Gasteiger partial charge in [-0.25, -0.2) is 4.39 Å². The van der Waals surface area contributed by atoms with Crippen molar-refractivity contribution in [1.29, 1.82) is 0 Å². The molecule has 0 aliphatic carbocycles. The molecule has 1 amide bonds. The summed E-state index contributed by atoms with van der Waals surface area (Å²) in [6.07, 6.45) is 3.18. The highest BCUT2D eigenvalue weighted by atomic mass is 19.1. The number of fused-ring (bicyclic) bond motifs is 1. The van der Waals surface area contributed by atoms with Crippen molar-refractivity contribution < 1.29 is 9.18 Å². The summed E-state index contributed by atoms with van der Waals surface area (Å²) in [6, 6.07) is 11.9. The van der Waals surface area contributed by atoms with E-state index in [1.54, 1.807) is 10.9 Å². The maximum Gasteiger partial charge on any atom is 0.280 e. The minimum absolute atomic E-state index is 0.118. The standard InChI is InChI=1S/C22H20FN5O2/c1-3-28-19-9-8-16(23)10-18(19)21(29)20(26-28)22(30)25-17-11-24-27(13-17)12-15-6-4-14(2)5-7-15/h4-11,13H,3,12H2,1-2H3,(H,25,30). The predicted molar refractivity (Wildman–Crippen MR) is 112 cm³/mol. The Morgan fingerprint density at radius 1 is 1.17 bits per heavy atom. The van der Waals surface area contributed by atoms with Gasteiger partial charge in [-0.15, -0.1) is 0 Å². The highest BCUT2D eigenvalue weighted by Gasteiger charge is 2.18. The summed E-state index contributed by atoms with van der Waals surface area (Å²) in [5, 5.41) is 11.2. The quantitative estimate of drug-likeness (QED) is 0.552. The van der Waals surface area contributed by atoms with Crippen LogP contribution in [0.3, 0.4) is 0 Å². The third-order valence-electron chi connectivity index (χ3n) is 4.79. The Morgan fingerprint density at radius 3 is 2.67 bits per heavy atom. The Bertz CT molecular complexity index is 1290. The molecule has 1 N–H and O–H groups in total. The average molecular weight is 405 g/mol. The molecule has 0 aliphatic heterocycles. The van der Waals surface area contributed by atoms with Crippen LogP contribution in [0.4, 0.5) is 10.1 Å². The van der Waals surface area contributed by atoms with Crippen LogP contribution >= 0.6 is 0 Å². The van der Waals surface area contributed by atoms with Gasteiger partial charge in [-0.2, -0.15) is 10.2 Å². The highest BCUT2D eigenvalue weighted by molar-refractivity contribution is 6.04. The molecule has 7 nitrogen and oxygen atoms in total. The van der Waals surface area contributed by atoms with Gasteiger partial charge in [-0.05, 0) is 37.6 Å². The first-order chi connectivity index (χ1) is 14.4. The van der Waals surface area contributed by atoms with E-state index in [9.17, 15) is 14.0 Å². The maximum absolute atomic E-state index is 13.7. The van der Waals surface area contributed by atoms with E-state index in [1.807, 2.05) is 38.1 Å². The molecule has 0 bridgehead atoms. The van der Waals surface area contributed by atoms with E-state index in [0.717, 1.165) is 11.6 Å². The molecule has 152 valence electrons. The average Bonchev–Trinajstić information content (AvgIpc) is 3.17. The number of nitrogens with one attached hydrogen (secondary N) is 1. The Hall–Kier alpha value is -3.81. The van der Waals surface area contributed by atoms with Crippen molar-refractivity contribution in [2.75, 3.05) is 5.32 Å². The van der Waals surface area contributed by atoms with E-state index in [4.69, 9.17) is 0 Å². The minimum Gasteiger partial charge on any atom is -0.318 e. The lowest BCUT2D eigenvalue weighted by Gasteiger charge is -2.10. The number of aryl methyl sites for hydroxylation is 2. The summed E-state index contributed by atoms with van der Waals surface area (Å²) in [5.74, 6) is -1.21. The van der Waals surface area contributed by atoms with Crippen molar-refractivity contribution in [3.63, 3.8) is 0 Å². The number of benzene rings is 2. The van der Waals surface area contributed by atoms with Crippen molar-refractivity contribution in [3.8, 4) is 0 Å². The number of carbonyl (C=O) groups excluding carboxylic acids is 1. The summed E-state index contributed by atoms with van der Waals surface area (Å²) < 4.78 is 16.8. The molecule has 0 unspecified atom stereocenters. The number of carbonyl (C=O) groups is 1. The third-order valence-corrected chi connectivity index (χ3v) is 4.79. The van der Waals surface area contributed by atoms with E-state index >= 15 is 0 Å². The lowest BCUT2D eigenvalue weighted by atomic mass is 10.1. The summed E-state index contributed by atoms with van der Waals surface area (Å²) in [6.45, 7) is 4.83. The second-order valence-electron chi connectivity index (χ2n) is 7.02. The van der Waals surface area contributed by atoms with Crippen molar-refractivity contribution >= 4 is 22.5 Å². The van der Waals surface area contributed by atoms with E-state index in [1.165, 1.54) is 28.6 Å². The Labute approximate surface area is 171 Å². The van der Waals surface area contributed by atoms with E-state index in [2.05, 4.69) is 15.5 Å². The Morgan fingerprint density at radius 2 is 1.93 bits per heavy atom. The molecule has 0 saturated heterocycles. The zero-order valence-electron chi connectivity index (χ0n) is 16.6. The van der Waals surface area contributed by atoms with Gasteiger partial charge in [-0.3, -0.25) is 19.0 Å². The number of hydrogen-bond donors (Lipinski definition) is 1. The molecular formula is C22H20FN5O2. The van der Waals surface area contributed by atoms with Gasteiger partial charge in [0.2, 0.25) is 5.43 Å². The van der Waals surface area contributed by atoms with Gasteiger partial charge in [0.1, 0.15) is 5.82 Å². The van der Waals surface area contributed by atoms with Gasteiger partial charge in [0.15, 0.2) is 5.69 Å². The van der Waals surface area contributed by atoms with Crippen LogP contribution in [0, 0.1) is 12.7 Å². The van der Waals surface area contributed by atoms with Crippen LogP contribution in [0.5, 0.6) is 0 Å². The zero-order chi connectivity index (χ0) is 21.3. The SMILES string of the molecule is CCn1nc(C(=O)Nc2cnn(Cc3ccc(C)cc3)c2)c(=O)c2cc(F)ccc21. The third kappa shape index (κ3) is 3.84. The molecular weight excluding hydrogens is 385 g/mol. The second-order valence-corrected chi connectivity index (χ2v) is 7.02. The molecule has 0 aliphatic rings. The molecule has 0 spiro atoms. The fraction of sp³-hybridized carbons (Fsp3) is 0.182. The van der Waals surface area contributed by atoms with Gasteiger partial charge >= 0.3 is 0 Å². The summed E-state index contributed by atoms with van der Waals surface area (Å²) in [4.78, 5) is 25.4. The van der Waals surface area contributed by atoms with Gasteiger partial charge < -0.3 is 5.32 Å². The summed E-state index contributed by atoms with van der Waals surface area (Å²) in [7, 11) is 0. The number of anilines is 1. The molecule has 8 heteroatoms. The summed E-state index contributed by atoms with van der Waals surface area (Å²) >= 11 is 0. The number of rotatable bonds is 5. The summed E-state index contributed by atoms with van der Waals surface area (Å²) in [5.41, 5.74) is 2.26. The van der Waals surface area contributed by atoms with Gasteiger partial charge in [-0.1, -0.05) is 29.8 Å². The Kier molecular flexibility index (Phi) is 5.14. The van der Waals surface area contributed by atoms with Crippen LogP contribution in [-0.4, -0.2) is 25.5 Å². The lowest BCUT2D eigenvalue weighted by molar-refractivity contribution is 0.101. The first kappa shape index (κ1) is 19.5. The number of halogens is 1. The van der Waals surface area contributed by atoms with Crippen LogP contribution in [0.2, 0.25) is 0 Å². The molecule has 0 radical (unpaired) electrons. The molecule has 0 fully saturated rings. The van der Waals surface area contributed by atoms with Gasteiger partial charge in [0.05, 0.1) is 29.3 Å². The molecule has 2 heterocycles. The minimum atomic E-state index is -0.664. The van der Waals surface area contributed by atoms with Crippen LogP contribution < -0.4 is 10.7 Å². The zero-order valence-corrected chi connectivity index (χ0v) is 16.6. The second kappa shape index (κ2) is 7.90. The number of nitrogens with zero attached hydrogens (tertiary/aromatic N) is 4. The molecule has 4 rings (SSSR count). The topological polar surface area (TPSA) is 81.8 Å². The van der Waals surface area contributed by atoms with Crippen molar-refractivity contribution in [2.24, 2.45) is 0 Å². The van der Waals surface area contributed by atoms with Crippen LogP contribution in [0.1, 0.15) is 28.5 Å². The maximum atomic E-state index is 13.7. The Balaban J connectivity index is 1.59. The van der Waals surface area contributed by atoms with Crippen molar-refractivity contribution in [2.45, 2.75) is 26.9 Å². The van der Waals surface area contributed by atoms with E-state index in [-0.39, 0.29) is 11.1 Å². The number of amides is 1. The van der Waals surface area contributed by atoms with Crippen molar-refractivity contribution in [3.05, 3.63) is 87.7 Å². The van der Waals surface area contributed by atoms with Crippen LogP contribution in [0.15, 0.2) is 59.7 Å². The molecule has 0 saturated carbocycles. The lowest BCUT2D eigenvalue weighted by Crippen LogP contribution is -2.27. The van der Waals surface area contributed by atoms with Crippen molar-refractivity contribution in [1.82, 2.24) is 19.6 Å². The normalized spacial score (nSPS) is 11.0. The number of aromatic nitrogens is 4. The van der Waals surface area contributed by atoms with E-state index in [0.29, 0.717) is 24.3 Å². The highest BCUT2D eigenvalue weighted by Crippen LogP contribution is 2.14. The van der Waals surface area contributed by atoms with Gasteiger partial charge in [0, 0.05) is 12.7 Å². The largest absolute Gasteiger partial charge is 0.318 e. The smallest absolute Gasteiger partial charge is 0.280 e. The molecule has 4 aromatic rings. The fourth-order valence-electron chi connectivity index (χ4n) is 3.24. The first-order valence-corrected chi connectivity index (χ1v) is 9.54. The predicted octanol–water partition coefficient (Wildman–Crippen LogP) is 3.36. The van der Waals surface area contributed by atoms with Crippen LogP contribution in [0.25, 0.3) is 10.9 Å². The monoisotopic (exact) mass is 405 g/mol. The number of hydrogen-bond acceptors (Lipinski definition) is 4. The van der Waals surface area contributed by atoms with Crippen LogP contribution in [-0.2, 0) is 13.1 Å². The molecule has 30 heavy (non-hydrogen) atoms.